The van der Waals surface area contributed by atoms with E-state index in [-0.39, 0.29) is 24.1 Å². The predicted octanol–water partition coefficient (Wildman–Crippen LogP) is 4.10. The summed E-state index contributed by atoms with van der Waals surface area (Å²) in [4.78, 5) is 28.4. The summed E-state index contributed by atoms with van der Waals surface area (Å²) in [5, 5.41) is 15.4. The van der Waals surface area contributed by atoms with Crippen molar-refractivity contribution in [1.82, 2.24) is 19.6 Å². The summed E-state index contributed by atoms with van der Waals surface area (Å²) in [5.41, 5.74) is 5.77. The van der Waals surface area contributed by atoms with Crippen molar-refractivity contribution < 1.29 is 14.3 Å². The summed E-state index contributed by atoms with van der Waals surface area (Å²) in [6.07, 6.45) is 0.0892. The number of hydrogen-bond acceptors (Lipinski definition) is 8. The minimum Gasteiger partial charge on any atom is -0.466 e. The van der Waals surface area contributed by atoms with Gasteiger partial charge in [-0.1, -0.05) is 23.4 Å². The summed E-state index contributed by atoms with van der Waals surface area (Å²) in [6.45, 7) is 8.25. The number of hydrogen-bond donors (Lipinski definition) is 1. The van der Waals surface area contributed by atoms with E-state index in [1.54, 1.807) is 12.3 Å². The first-order valence-corrected chi connectivity index (χ1v) is 12.0. The van der Waals surface area contributed by atoms with Crippen molar-refractivity contribution in [3.05, 3.63) is 46.0 Å². The lowest BCUT2D eigenvalue weighted by atomic mass is 10.1. The van der Waals surface area contributed by atoms with Gasteiger partial charge in [0.15, 0.2) is 15.9 Å². The van der Waals surface area contributed by atoms with E-state index in [0.29, 0.717) is 22.6 Å². The molecule has 4 rings (SSSR count). The second kappa shape index (κ2) is 9.25. The van der Waals surface area contributed by atoms with E-state index in [1.807, 2.05) is 11.3 Å². The number of thioether (sulfide) groups is 1. The number of fused-ring (bicyclic) bond motifs is 3. The monoisotopic (exact) mass is 469 g/mol. The van der Waals surface area contributed by atoms with Crippen molar-refractivity contribution in [3.8, 4) is 0 Å². The number of nitrogens with one attached hydrogen (secondary N) is 1. The SMILES string of the molecule is CCOC(=O)Cc1csc(NC(=O)CSc2nnc3c(C)cc4cc(C)cc(C)c4n23)n1. The highest BCUT2D eigenvalue weighted by atomic mass is 32.2. The van der Waals surface area contributed by atoms with E-state index in [2.05, 4.69) is 52.5 Å². The Labute approximate surface area is 193 Å². The number of aryl methyl sites for hydroxylation is 3. The molecular formula is C22H23N5O3S2. The number of nitrogens with zero attached hydrogens (tertiary/aromatic N) is 4. The highest BCUT2D eigenvalue weighted by Gasteiger charge is 2.16. The van der Waals surface area contributed by atoms with Crippen molar-refractivity contribution in [2.24, 2.45) is 0 Å². The van der Waals surface area contributed by atoms with Crippen LogP contribution in [-0.4, -0.2) is 43.8 Å². The highest BCUT2D eigenvalue weighted by Crippen LogP contribution is 2.28. The predicted molar refractivity (Wildman–Crippen MR) is 127 cm³/mol. The van der Waals surface area contributed by atoms with Gasteiger partial charge in [0, 0.05) is 5.38 Å². The van der Waals surface area contributed by atoms with Crippen LogP contribution in [0.15, 0.2) is 28.7 Å². The third-order valence-electron chi connectivity index (χ3n) is 4.82. The van der Waals surface area contributed by atoms with Crippen LogP contribution in [0.4, 0.5) is 5.13 Å². The van der Waals surface area contributed by atoms with Gasteiger partial charge in [0.25, 0.3) is 0 Å². The molecule has 3 heterocycles. The largest absolute Gasteiger partial charge is 0.466 e. The van der Waals surface area contributed by atoms with Crippen LogP contribution in [0.25, 0.3) is 16.6 Å². The number of carbonyl (C=O) groups excluding carboxylic acids is 2. The number of ether oxygens (including phenoxy) is 1. The number of thiazole rings is 1. The number of pyridine rings is 1. The number of benzene rings is 1. The molecule has 0 fully saturated rings. The maximum Gasteiger partial charge on any atom is 0.311 e. The lowest BCUT2D eigenvalue weighted by molar-refractivity contribution is -0.142. The van der Waals surface area contributed by atoms with Gasteiger partial charge < -0.3 is 10.1 Å². The molecular weight excluding hydrogens is 446 g/mol. The van der Waals surface area contributed by atoms with E-state index >= 15 is 0 Å². The van der Waals surface area contributed by atoms with Gasteiger partial charge in [0.1, 0.15) is 0 Å². The Morgan fingerprint density at radius 2 is 1.97 bits per heavy atom. The molecule has 1 amide bonds. The molecule has 0 bridgehead atoms. The lowest BCUT2D eigenvalue weighted by Crippen LogP contribution is -2.14. The summed E-state index contributed by atoms with van der Waals surface area (Å²) >= 11 is 2.60. The van der Waals surface area contributed by atoms with Crippen molar-refractivity contribution in [1.29, 1.82) is 0 Å². The molecule has 0 spiro atoms. The Bertz CT molecular complexity index is 1330. The maximum absolute atomic E-state index is 12.5. The van der Waals surface area contributed by atoms with Crippen LogP contribution in [0.1, 0.15) is 29.3 Å². The normalized spacial score (nSPS) is 11.2. The fourth-order valence-corrected chi connectivity index (χ4v) is 5.08. The molecule has 0 aliphatic heterocycles. The standard InChI is InChI=1S/C22H23N5O3S2/c1-5-30-18(29)9-16-10-31-21(23-16)24-17(28)11-32-22-26-25-20-14(4)8-15-7-12(2)6-13(3)19(15)27(20)22/h6-8,10H,5,9,11H2,1-4H3,(H,23,24,28). The molecule has 166 valence electrons. The average molecular weight is 470 g/mol. The molecule has 1 aromatic carbocycles. The minimum absolute atomic E-state index is 0.0892. The van der Waals surface area contributed by atoms with Crippen LogP contribution >= 0.6 is 23.1 Å². The summed E-state index contributed by atoms with van der Waals surface area (Å²) < 4.78 is 6.95. The number of carbonyl (C=O) groups is 2. The van der Waals surface area contributed by atoms with E-state index in [1.165, 1.54) is 28.7 Å². The topological polar surface area (TPSA) is 98.5 Å². The number of aromatic nitrogens is 4. The second-order valence-corrected chi connectivity index (χ2v) is 9.25. The zero-order chi connectivity index (χ0) is 22.8. The Hall–Kier alpha value is -2.98. The van der Waals surface area contributed by atoms with Crippen LogP contribution in [0.5, 0.6) is 0 Å². The third kappa shape index (κ3) is 4.61. The molecule has 0 saturated heterocycles. The highest BCUT2D eigenvalue weighted by molar-refractivity contribution is 7.99. The summed E-state index contributed by atoms with van der Waals surface area (Å²) in [5.74, 6) is -0.375. The zero-order valence-corrected chi connectivity index (χ0v) is 19.9. The van der Waals surface area contributed by atoms with Crippen LogP contribution < -0.4 is 5.32 Å². The van der Waals surface area contributed by atoms with Crippen molar-refractivity contribution in [3.63, 3.8) is 0 Å². The average Bonchev–Trinajstić information content (AvgIpc) is 3.33. The number of esters is 1. The van der Waals surface area contributed by atoms with E-state index in [0.717, 1.165) is 27.7 Å². The first-order chi connectivity index (χ1) is 15.4. The van der Waals surface area contributed by atoms with Crippen LogP contribution in [0, 0.1) is 20.8 Å². The zero-order valence-electron chi connectivity index (χ0n) is 18.3. The number of amides is 1. The molecule has 10 heteroatoms. The van der Waals surface area contributed by atoms with Crippen LogP contribution in [-0.2, 0) is 20.7 Å². The molecule has 4 aromatic rings. The van der Waals surface area contributed by atoms with Gasteiger partial charge in [-0.3, -0.25) is 14.0 Å². The van der Waals surface area contributed by atoms with E-state index < -0.39 is 0 Å². The molecule has 0 aliphatic rings. The van der Waals surface area contributed by atoms with Crippen molar-refractivity contribution in [2.45, 2.75) is 39.3 Å². The molecule has 0 saturated carbocycles. The quantitative estimate of drug-likeness (QED) is 0.321. The van der Waals surface area contributed by atoms with Crippen molar-refractivity contribution in [2.75, 3.05) is 17.7 Å². The summed E-state index contributed by atoms with van der Waals surface area (Å²) in [6, 6.07) is 6.40. The van der Waals surface area contributed by atoms with Crippen molar-refractivity contribution >= 4 is 56.7 Å². The van der Waals surface area contributed by atoms with Crippen LogP contribution in [0.3, 0.4) is 0 Å². The van der Waals surface area contributed by atoms with E-state index in [9.17, 15) is 9.59 Å². The lowest BCUT2D eigenvalue weighted by Gasteiger charge is -2.10. The fourth-order valence-electron chi connectivity index (χ4n) is 3.62. The van der Waals surface area contributed by atoms with Gasteiger partial charge in [0.05, 0.1) is 30.0 Å². The number of rotatable bonds is 7. The molecule has 0 radical (unpaired) electrons. The molecule has 1 N–H and O–H groups in total. The summed E-state index contributed by atoms with van der Waals surface area (Å²) in [7, 11) is 0. The van der Waals surface area contributed by atoms with Gasteiger partial charge in [-0.25, -0.2) is 4.98 Å². The smallest absolute Gasteiger partial charge is 0.311 e. The van der Waals surface area contributed by atoms with Gasteiger partial charge in [0.2, 0.25) is 5.91 Å². The number of anilines is 1. The van der Waals surface area contributed by atoms with Gasteiger partial charge >= 0.3 is 5.97 Å². The minimum atomic E-state index is -0.335. The Kier molecular flexibility index (Phi) is 6.43. The maximum atomic E-state index is 12.5. The molecule has 32 heavy (non-hydrogen) atoms. The Morgan fingerprint density at radius 1 is 1.16 bits per heavy atom. The second-order valence-electron chi connectivity index (χ2n) is 7.45. The first-order valence-electron chi connectivity index (χ1n) is 10.1. The molecule has 0 unspecified atom stereocenters. The Morgan fingerprint density at radius 3 is 2.75 bits per heavy atom. The van der Waals surface area contributed by atoms with Gasteiger partial charge in [-0.15, -0.1) is 21.5 Å². The molecule has 8 nitrogen and oxygen atoms in total. The Balaban J connectivity index is 1.49. The molecule has 0 aliphatic carbocycles. The molecule has 0 atom stereocenters. The first kappa shape index (κ1) is 22.2. The van der Waals surface area contributed by atoms with E-state index in [4.69, 9.17) is 4.74 Å². The third-order valence-corrected chi connectivity index (χ3v) is 6.55. The van der Waals surface area contributed by atoms with Gasteiger partial charge in [-0.05, 0) is 56.3 Å². The molecule has 3 aromatic heterocycles. The fraction of sp³-hybridized carbons (Fsp3) is 0.318. The van der Waals surface area contributed by atoms with Gasteiger partial charge in [-0.2, -0.15) is 0 Å². The van der Waals surface area contributed by atoms with Crippen LogP contribution in [0.2, 0.25) is 0 Å².